The Morgan fingerprint density at radius 2 is 1.62 bits per heavy atom. The van der Waals surface area contributed by atoms with Crippen LogP contribution in [0.3, 0.4) is 0 Å². The third-order valence-corrected chi connectivity index (χ3v) is 1.69. The van der Waals surface area contributed by atoms with E-state index in [1.54, 1.807) is 0 Å². The van der Waals surface area contributed by atoms with E-state index in [1.165, 1.54) is 0 Å². The van der Waals surface area contributed by atoms with Crippen LogP contribution in [0.25, 0.3) is 0 Å². The molecule has 0 aromatic carbocycles. The molecule has 0 saturated heterocycles. The summed E-state index contributed by atoms with van der Waals surface area (Å²) >= 11 is 0. The third-order valence-electron chi connectivity index (χ3n) is 1.69. The second-order valence-corrected chi connectivity index (χ2v) is 4.57. The van der Waals surface area contributed by atoms with Gasteiger partial charge in [-0.25, -0.2) is 0 Å². The summed E-state index contributed by atoms with van der Waals surface area (Å²) in [6, 6.07) is 0. The topological polar surface area (TPSA) is 20.2 Å². The number of hydrogen-bond donors (Lipinski definition) is 1. The van der Waals surface area contributed by atoms with E-state index in [9.17, 15) is 13.2 Å². The maximum absolute atomic E-state index is 11.8. The van der Waals surface area contributed by atoms with Crippen molar-refractivity contribution in [3.05, 3.63) is 0 Å². The minimum atomic E-state index is -4.25. The van der Waals surface area contributed by atoms with Gasteiger partial charge in [0.2, 0.25) is 0 Å². The Balaban J connectivity index is 3.70. The normalized spacial score (nSPS) is 15.9. The van der Waals surface area contributed by atoms with Crippen LogP contribution in [0.5, 0.6) is 0 Å². The summed E-state index contributed by atoms with van der Waals surface area (Å²) in [4.78, 5) is 0. The van der Waals surface area contributed by atoms with Gasteiger partial charge in [0.25, 0.3) is 0 Å². The van der Waals surface area contributed by atoms with Gasteiger partial charge in [0, 0.05) is 0 Å². The van der Waals surface area contributed by atoms with Gasteiger partial charge in [0.05, 0.1) is 12.5 Å². The molecule has 0 aliphatic rings. The van der Waals surface area contributed by atoms with E-state index in [2.05, 4.69) is 0 Å². The number of halogens is 3. The molecule has 0 saturated carbocycles. The summed E-state index contributed by atoms with van der Waals surface area (Å²) in [7, 11) is 0. The average molecular weight is 198 g/mol. The van der Waals surface area contributed by atoms with Gasteiger partial charge in [-0.2, -0.15) is 13.2 Å². The highest BCUT2D eigenvalue weighted by Crippen LogP contribution is 2.27. The molecular formula is C9H17F3O. The van der Waals surface area contributed by atoms with Crippen molar-refractivity contribution in [1.82, 2.24) is 0 Å². The van der Waals surface area contributed by atoms with Crippen LogP contribution in [0.15, 0.2) is 0 Å². The zero-order valence-corrected chi connectivity index (χ0v) is 8.28. The molecule has 0 fully saturated rings. The Morgan fingerprint density at radius 3 is 1.92 bits per heavy atom. The van der Waals surface area contributed by atoms with Crippen molar-refractivity contribution >= 4 is 0 Å². The average Bonchev–Trinajstić information content (AvgIpc) is 1.78. The molecule has 0 spiro atoms. The highest BCUT2D eigenvalue weighted by molar-refractivity contribution is 4.67. The van der Waals surface area contributed by atoms with Crippen LogP contribution in [-0.2, 0) is 0 Å². The summed E-state index contributed by atoms with van der Waals surface area (Å²) in [5, 5.41) is 9.03. The van der Waals surface area contributed by atoms with Gasteiger partial charge >= 0.3 is 6.18 Å². The van der Waals surface area contributed by atoms with E-state index in [-0.39, 0.29) is 11.8 Å². The standard InChI is InChI=1S/C9H17F3O/c1-8(2,3)5-4-7(13)6-9(10,11)12/h7,13H,4-6H2,1-3H3. The van der Waals surface area contributed by atoms with E-state index in [4.69, 9.17) is 5.11 Å². The highest BCUT2D eigenvalue weighted by atomic mass is 19.4. The molecule has 0 heterocycles. The Kier molecular flexibility index (Phi) is 4.23. The van der Waals surface area contributed by atoms with Crippen LogP contribution in [-0.4, -0.2) is 17.4 Å². The second kappa shape index (κ2) is 4.31. The van der Waals surface area contributed by atoms with Gasteiger partial charge in [-0.15, -0.1) is 0 Å². The summed E-state index contributed by atoms with van der Waals surface area (Å²) in [5.74, 6) is 0. The van der Waals surface area contributed by atoms with Crippen LogP contribution in [0.4, 0.5) is 13.2 Å². The molecule has 1 unspecified atom stereocenters. The minimum Gasteiger partial charge on any atom is -0.393 e. The lowest BCUT2D eigenvalue weighted by atomic mass is 9.89. The van der Waals surface area contributed by atoms with Crippen molar-refractivity contribution in [3.63, 3.8) is 0 Å². The number of aliphatic hydroxyl groups is 1. The third kappa shape index (κ3) is 9.67. The molecule has 0 rings (SSSR count). The van der Waals surface area contributed by atoms with Crippen LogP contribution in [0, 0.1) is 5.41 Å². The molecule has 80 valence electrons. The summed E-state index contributed by atoms with van der Waals surface area (Å²) in [6.07, 6.45) is -5.78. The first-order valence-electron chi connectivity index (χ1n) is 4.35. The number of alkyl halides is 3. The molecule has 13 heavy (non-hydrogen) atoms. The zero-order valence-electron chi connectivity index (χ0n) is 8.28. The van der Waals surface area contributed by atoms with Crippen molar-refractivity contribution < 1.29 is 18.3 Å². The fourth-order valence-electron chi connectivity index (χ4n) is 0.969. The molecule has 1 N–H and O–H groups in total. The van der Waals surface area contributed by atoms with E-state index in [1.807, 2.05) is 20.8 Å². The lowest BCUT2D eigenvalue weighted by Crippen LogP contribution is -2.21. The quantitative estimate of drug-likeness (QED) is 0.738. The van der Waals surface area contributed by atoms with Crippen LogP contribution < -0.4 is 0 Å². The van der Waals surface area contributed by atoms with Crippen molar-refractivity contribution in [2.24, 2.45) is 5.41 Å². The van der Waals surface area contributed by atoms with Gasteiger partial charge < -0.3 is 5.11 Å². The monoisotopic (exact) mass is 198 g/mol. The first-order valence-corrected chi connectivity index (χ1v) is 4.35. The minimum absolute atomic E-state index is 0.0213. The van der Waals surface area contributed by atoms with Crippen molar-refractivity contribution in [2.75, 3.05) is 0 Å². The Labute approximate surface area is 76.9 Å². The SMILES string of the molecule is CC(C)(C)CCC(O)CC(F)(F)F. The lowest BCUT2D eigenvalue weighted by Gasteiger charge is -2.20. The van der Waals surface area contributed by atoms with Gasteiger partial charge in [0.15, 0.2) is 0 Å². The van der Waals surface area contributed by atoms with Gasteiger partial charge in [-0.05, 0) is 18.3 Å². The summed E-state index contributed by atoms with van der Waals surface area (Å²) in [6.45, 7) is 5.81. The fourth-order valence-corrected chi connectivity index (χ4v) is 0.969. The molecule has 0 amide bonds. The molecule has 0 aromatic rings. The molecular weight excluding hydrogens is 181 g/mol. The maximum atomic E-state index is 11.8. The Morgan fingerprint density at radius 1 is 1.15 bits per heavy atom. The first-order chi connectivity index (χ1) is 5.60. The predicted molar refractivity (Wildman–Crippen MR) is 45.4 cm³/mol. The molecule has 0 radical (unpaired) electrons. The van der Waals surface area contributed by atoms with Gasteiger partial charge in [0.1, 0.15) is 0 Å². The van der Waals surface area contributed by atoms with Gasteiger partial charge in [-0.1, -0.05) is 20.8 Å². The molecule has 4 heteroatoms. The summed E-state index contributed by atoms with van der Waals surface area (Å²) in [5.41, 5.74) is -0.0213. The lowest BCUT2D eigenvalue weighted by molar-refractivity contribution is -0.154. The Hall–Kier alpha value is -0.250. The van der Waals surface area contributed by atoms with E-state index in [0.29, 0.717) is 6.42 Å². The molecule has 0 aliphatic heterocycles. The molecule has 1 atom stereocenters. The van der Waals surface area contributed by atoms with Crippen LogP contribution in [0.1, 0.15) is 40.0 Å². The van der Waals surface area contributed by atoms with E-state index < -0.39 is 18.7 Å². The Bertz CT molecular complexity index is 146. The second-order valence-electron chi connectivity index (χ2n) is 4.57. The maximum Gasteiger partial charge on any atom is 0.391 e. The molecule has 0 aliphatic carbocycles. The highest BCUT2D eigenvalue weighted by Gasteiger charge is 2.31. The summed E-state index contributed by atoms with van der Waals surface area (Å²) < 4.78 is 35.3. The van der Waals surface area contributed by atoms with Gasteiger partial charge in [-0.3, -0.25) is 0 Å². The van der Waals surface area contributed by atoms with Crippen LogP contribution in [0.2, 0.25) is 0 Å². The van der Waals surface area contributed by atoms with Crippen molar-refractivity contribution in [2.45, 2.75) is 52.3 Å². The first kappa shape index (κ1) is 12.8. The van der Waals surface area contributed by atoms with E-state index in [0.717, 1.165) is 0 Å². The van der Waals surface area contributed by atoms with Crippen molar-refractivity contribution in [1.29, 1.82) is 0 Å². The molecule has 1 nitrogen and oxygen atoms in total. The number of rotatable bonds is 3. The smallest absolute Gasteiger partial charge is 0.391 e. The fraction of sp³-hybridized carbons (Fsp3) is 1.00. The molecule has 0 aromatic heterocycles. The zero-order chi connectivity index (χ0) is 10.7. The van der Waals surface area contributed by atoms with Crippen molar-refractivity contribution in [3.8, 4) is 0 Å². The molecule has 0 bridgehead atoms. The largest absolute Gasteiger partial charge is 0.393 e. The number of aliphatic hydroxyl groups excluding tert-OH is 1. The van der Waals surface area contributed by atoms with E-state index >= 15 is 0 Å². The van der Waals surface area contributed by atoms with Crippen LogP contribution >= 0.6 is 0 Å². The number of hydrogen-bond acceptors (Lipinski definition) is 1. The predicted octanol–water partition coefficient (Wildman–Crippen LogP) is 3.13.